The van der Waals surface area contributed by atoms with Crippen molar-refractivity contribution in [1.82, 2.24) is 19.4 Å². The molecule has 33 heavy (non-hydrogen) atoms. The van der Waals surface area contributed by atoms with Crippen LogP contribution in [-0.4, -0.2) is 82.9 Å². The number of hydrogen-bond donors (Lipinski definition) is 2. The Kier molecular flexibility index (Phi) is 6.75. The molecule has 3 fully saturated rings. The summed E-state index contributed by atoms with van der Waals surface area (Å²) in [6, 6.07) is 7.41. The second-order valence-electron chi connectivity index (χ2n) is 8.56. The van der Waals surface area contributed by atoms with Crippen LogP contribution < -0.4 is 5.32 Å². The Morgan fingerprint density at radius 1 is 1.06 bits per heavy atom. The lowest BCUT2D eigenvalue weighted by Gasteiger charge is -2.42. The summed E-state index contributed by atoms with van der Waals surface area (Å²) in [6.07, 6.45) is 2.66. The van der Waals surface area contributed by atoms with Crippen LogP contribution in [0.5, 0.6) is 0 Å². The number of hydrogen-bond acceptors (Lipinski definition) is 6. The van der Waals surface area contributed by atoms with E-state index in [1.165, 1.54) is 4.90 Å². The van der Waals surface area contributed by atoms with Crippen molar-refractivity contribution in [2.45, 2.75) is 56.8 Å². The second-order valence-corrected chi connectivity index (χ2v) is 9.85. The number of benzene rings is 1. The summed E-state index contributed by atoms with van der Waals surface area (Å²) in [5.41, 5.74) is 0.925. The number of nitrogens with zero attached hydrogens (tertiary/aromatic N) is 3. The molecule has 0 radical (unpaired) electrons. The highest BCUT2D eigenvalue weighted by Crippen LogP contribution is 2.35. The van der Waals surface area contributed by atoms with Crippen LogP contribution in [0.25, 0.3) is 0 Å². The molecular formula is C21H28N4O7S. The number of β-lactam (4-membered cyclic amide) rings is 1. The first-order chi connectivity index (χ1) is 15.8. The lowest BCUT2D eigenvalue weighted by Crippen LogP contribution is -2.69. The molecule has 0 bridgehead atoms. The van der Waals surface area contributed by atoms with E-state index >= 15 is 0 Å². The van der Waals surface area contributed by atoms with Crippen molar-refractivity contribution in [3.63, 3.8) is 0 Å². The Balaban J connectivity index is 1.23. The van der Waals surface area contributed by atoms with Crippen LogP contribution in [0.15, 0.2) is 30.3 Å². The molecule has 0 unspecified atom stereocenters. The normalized spacial score (nSPS) is 23.9. The summed E-state index contributed by atoms with van der Waals surface area (Å²) < 4.78 is 37.7. The molecule has 3 saturated heterocycles. The minimum Gasteiger partial charge on any atom is -0.445 e. The average molecular weight is 481 g/mol. The molecule has 4 amide bonds. The van der Waals surface area contributed by atoms with Gasteiger partial charge in [0.15, 0.2) is 0 Å². The van der Waals surface area contributed by atoms with E-state index in [0.29, 0.717) is 49.5 Å². The predicted octanol–water partition coefficient (Wildman–Crippen LogP) is 1.37. The third-order valence-corrected chi connectivity index (χ3v) is 7.35. The van der Waals surface area contributed by atoms with E-state index in [0.717, 1.165) is 5.56 Å². The van der Waals surface area contributed by atoms with Gasteiger partial charge in [-0.05, 0) is 37.7 Å². The number of amides is 4. The van der Waals surface area contributed by atoms with E-state index < -0.39 is 34.3 Å². The monoisotopic (exact) mass is 480 g/mol. The number of carbonyl (C=O) groups is 3. The molecule has 3 aliphatic rings. The molecule has 1 aromatic carbocycles. The van der Waals surface area contributed by atoms with Crippen LogP contribution in [0, 0.1) is 0 Å². The van der Waals surface area contributed by atoms with Gasteiger partial charge in [0.1, 0.15) is 12.6 Å². The number of urea groups is 1. The van der Waals surface area contributed by atoms with Crippen LogP contribution in [0.3, 0.4) is 0 Å². The van der Waals surface area contributed by atoms with Gasteiger partial charge < -0.3 is 19.9 Å². The number of likely N-dealkylation sites (tertiary alicyclic amines) is 2. The molecule has 4 rings (SSSR count). The van der Waals surface area contributed by atoms with Crippen molar-refractivity contribution in [1.29, 1.82) is 0 Å². The minimum atomic E-state index is -4.60. The molecule has 0 aliphatic carbocycles. The first kappa shape index (κ1) is 23.3. The lowest BCUT2D eigenvalue weighted by atomic mass is 10.0. The molecule has 2 atom stereocenters. The lowest BCUT2D eigenvalue weighted by molar-refractivity contribution is -0.143. The van der Waals surface area contributed by atoms with E-state index in [-0.39, 0.29) is 25.3 Å². The summed E-state index contributed by atoms with van der Waals surface area (Å²) in [7, 11) is -4.60. The van der Waals surface area contributed by atoms with Gasteiger partial charge in [-0.15, -0.1) is 0 Å². The maximum Gasteiger partial charge on any atom is 0.410 e. The number of fused-ring (bicyclic) bond motifs is 1. The van der Waals surface area contributed by atoms with Crippen molar-refractivity contribution in [3.05, 3.63) is 35.9 Å². The highest BCUT2D eigenvalue weighted by molar-refractivity contribution is 7.84. The predicted molar refractivity (Wildman–Crippen MR) is 116 cm³/mol. The number of ether oxygens (including phenoxy) is 1. The Morgan fingerprint density at radius 3 is 2.36 bits per heavy atom. The quantitative estimate of drug-likeness (QED) is 0.490. The van der Waals surface area contributed by atoms with Gasteiger partial charge in [-0.3, -0.25) is 9.35 Å². The zero-order valence-corrected chi connectivity index (χ0v) is 18.9. The van der Waals surface area contributed by atoms with E-state index in [1.807, 2.05) is 30.3 Å². The highest BCUT2D eigenvalue weighted by atomic mass is 32.2. The third kappa shape index (κ3) is 5.06. The first-order valence-corrected chi connectivity index (χ1v) is 12.5. The summed E-state index contributed by atoms with van der Waals surface area (Å²) in [6.45, 7) is 1.51. The molecular weight excluding hydrogens is 452 g/mol. The Bertz CT molecular complexity index is 993. The zero-order valence-electron chi connectivity index (χ0n) is 18.1. The maximum atomic E-state index is 12.7. The molecule has 0 saturated carbocycles. The molecule has 1 aromatic rings. The summed E-state index contributed by atoms with van der Waals surface area (Å²) >= 11 is 0. The van der Waals surface area contributed by atoms with Crippen molar-refractivity contribution >= 4 is 28.3 Å². The van der Waals surface area contributed by atoms with E-state index in [1.54, 1.807) is 4.90 Å². The molecule has 180 valence electrons. The third-order valence-electron chi connectivity index (χ3n) is 6.40. The summed E-state index contributed by atoms with van der Waals surface area (Å²) in [5.74, 6) is -0.780. The molecule has 2 N–H and O–H groups in total. The molecule has 0 aromatic heterocycles. The molecule has 3 aliphatic heterocycles. The summed E-state index contributed by atoms with van der Waals surface area (Å²) in [5, 5.41) is 2.95. The van der Waals surface area contributed by atoms with Crippen molar-refractivity contribution in [3.8, 4) is 0 Å². The van der Waals surface area contributed by atoms with Gasteiger partial charge in [0.2, 0.25) is 0 Å². The average Bonchev–Trinajstić information content (AvgIpc) is 3.12. The van der Waals surface area contributed by atoms with Gasteiger partial charge in [-0.2, -0.15) is 8.42 Å². The van der Waals surface area contributed by atoms with Crippen LogP contribution >= 0.6 is 0 Å². The van der Waals surface area contributed by atoms with Gasteiger partial charge in [0.25, 0.3) is 5.91 Å². The molecule has 11 nitrogen and oxygen atoms in total. The van der Waals surface area contributed by atoms with E-state index in [4.69, 9.17) is 4.74 Å². The Morgan fingerprint density at radius 2 is 1.73 bits per heavy atom. The summed E-state index contributed by atoms with van der Waals surface area (Å²) in [4.78, 5) is 40.3. The van der Waals surface area contributed by atoms with Gasteiger partial charge in [0, 0.05) is 25.7 Å². The van der Waals surface area contributed by atoms with Gasteiger partial charge in [0.05, 0.1) is 6.04 Å². The molecule has 12 heteroatoms. The Labute approximate surface area is 192 Å². The zero-order chi connectivity index (χ0) is 23.6. The van der Waals surface area contributed by atoms with E-state index in [9.17, 15) is 27.4 Å². The largest absolute Gasteiger partial charge is 0.445 e. The van der Waals surface area contributed by atoms with Crippen LogP contribution in [0.1, 0.15) is 37.7 Å². The maximum absolute atomic E-state index is 12.7. The topological polar surface area (TPSA) is 137 Å². The molecule has 3 heterocycles. The fraction of sp³-hybridized carbons (Fsp3) is 0.571. The molecule has 0 spiro atoms. The standard InChI is InChI=1S/C21H28N4O7S/c26-19-18-17(25(19)33(29,30)31)10-13-24(18)20(27)22-16-8-4-11-23(12-5-9-16)21(28)32-14-15-6-2-1-3-7-15/h1-3,6-7,16-18H,4-5,8-14H2,(H,22,27)(H,29,30,31)/t17-,18+/m1/s1. The van der Waals surface area contributed by atoms with Gasteiger partial charge in [-0.25, -0.2) is 13.9 Å². The van der Waals surface area contributed by atoms with Gasteiger partial charge >= 0.3 is 22.4 Å². The second kappa shape index (κ2) is 9.56. The highest BCUT2D eigenvalue weighted by Gasteiger charge is 2.60. The number of rotatable bonds is 4. The number of carbonyl (C=O) groups excluding carboxylic acids is 3. The minimum absolute atomic E-state index is 0.105. The van der Waals surface area contributed by atoms with Crippen LogP contribution in [0.4, 0.5) is 9.59 Å². The van der Waals surface area contributed by atoms with Gasteiger partial charge in [-0.1, -0.05) is 30.3 Å². The van der Waals surface area contributed by atoms with Crippen molar-refractivity contribution in [2.24, 2.45) is 0 Å². The fourth-order valence-corrected chi connectivity index (χ4v) is 5.65. The Hall–Kier alpha value is -2.86. The van der Waals surface area contributed by atoms with Crippen molar-refractivity contribution < 1.29 is 32.1 Å². The van der Waals surface area contributed by atoms with Crippen LogP contribution in [0.2, 0.25) is 0 Å². The van der Waals surface area contributed by atoms with E-state index in [2.05, 4.69) is 5.32 Å². The van der Waals surface area contributed by atoms with Crippen LogP contribution in [-0.2, 0) is 26.4 Å². The smallest absolute Gasteiger partial charge is 0.410 e. The van der Waals surface area contributed by atoms with Crippen molar-refractivity contribution in [2.75, 3.05) is 19.6 Å². The first-order valence-electron chi connectivity index (χ1n) is 11.1. The fourth-order valence-electron chi connectivity index (χ4n) is 4.75. The SMILES string of the molecule is O=C(OCc1ccccc1)N1CCCC(NC(=O)N2CC[C@@H]3[C@H]2C(=O)N3S(=O)(=O)O)CCC1. The number of nitrogens with one attached hydrogen (secondary N) is 1.